The van der Waals surface area contributed by atoms with Gasteiger partial charge in [0.2, 0.25) is 0 Å². The number of esters is 1. The molecular weight excluding hydrogens is 376 g/mol. The Morgan fingerprint density at radius 1 is 1.17 bits per heavy atom. The largest absolute Gasteiger partial charge is 0.508 e. The molecule has 0 spiro atoms. The van der Waals surface area contributed by atoms with E-state index in [1.807, 2.05) is 0 Å². The Morgan fingerprint density at radius 2 is 1.83 bits per heavy atom. The lowest BCUT2D eigenvalue weighted by atomic mass is 9.84. The van der Waals surface area contributed by atoms with Gasteiger partial charge in [-0.2, -0.15) is 0 Å². The van der Waals surface area contributed by atoms with E-state index in [-0.39, 0.29) is 35.3 Å². The molecule has 5 N–H and O–H groups in total. The van der Waals surface area contributed by atoms with Gasteiger partial charge in [0.05, 0.1) is 0 Å². The minimum atomic E-state index is -2.22. The van der Waals surface area contributed by atoms with E-state index < -0.39 is 23.5 Å². The van der Waals surface area contributed by atoms with Gasteiger partial charge in [-0.25, -0.2) is 4.79 Å². The highest BCUT2D eigenvalue weighted by Crippen LogP contribution is 2.38. The van der Waals surface area contributed by atoms with E-state index in [1.54, 1.807) is 44.2 Å². The summed E-state index contributed by atoms with van der Waals surface area (Å²) >= 11 is 0. The maximum Gasteiger partial charge on any atom is 0.328 e. The zero-order valence-corrected chi connectivity index (χ0v) is 16.6. The molecule has 2 atom stereocenters. The molecule has 2 aromatic rings. The molecule has 2 aromatic carbocycles. The summed E-state index contributed by atoms with van der Waals surface area (Å²) in [5.41, 5.74) is 3.84. The summed E-state index contributed by atoms with van der Waals surface area (Å²) in [5.74, 6) is -2.12. The highest BCUT2D eigenvalue weighted by molar-refractivity contribution is 5.91. The molecule has 0 saturated heterocycles. The second-order valence-corrected chi connectivity index (χ2v) is 6.89. The van der Waals surface area contributed by atoms with Gasteiger partial charge in [0.15, 0.2) is 5.60 Å². The third-order valence-electron chi connectivity index (χ3n) is 4.45. The van der Waals surface area contributed by atoms with E-state index in [4.69, 9.17) is 15.2 Å². The number of aromatic hydroxyl groups is 1. The number of nitrogens with two attached hydrogens (primary N) is 1. The fraction of sp³-hybridized carbons (Fsp3) is 0.333. The topological polar surface area (TPSA) is 131 Å². The lowest BCUT2D eigenvalue weighted by Gasteiger charge is -2.29. The third-order valence-corrected chi connectivity index (χ3v) is 4.45. The number of benzene rings is 2. The molecule has 0 aromatic heterocycles. The number of ether oxygens (including phenoxy) is 2. The number of hydrogen-bond donors (Lipinski definition) is 4. The highest BCUT2D eigenvalue weighted by atomic mass is 16.5. The van der Waals surface area contributed by atoms with Crippen LogP contribution in [0.4, 0.5) is 0 Å². The van der Waals surface area contributed by atoms with Crippen LogP contribution in [0.1, 0.15) is 25.0 Å². The predicted octanol–water partition coefficient (Wildman–Crippen LogP) is 1.24. The average molecular weight is 402 g/mol. The Morgan fingerprint density at radius 3 is 2.41 bits per heavy atom. The fourth-order valence-corrected chi connectivity index (χ4v) is 2.70. The number of carbonyl (C=O) groups is 2. The molecule has 0 saturated carbocycles. The van der Waals surface area contributed by atoms with Gasteiger partial charge in [-0.05, 0) is 23.6 Å². The van der Waals surface area contributed by atoms with E-state index in [9.17, 15) is 19.8 Å². The molecule has 0 aliphatic carbocycles. The predicted molar refractivity (Wildman–Crippen MR) is 106 cm³/mol. The van der Waals surface area contributed by atoms with Crippen LogP contribution >= 0.6 is 0 Å². The number of nitrogens with one attached hydrogen (secondary N) is 1. The van der Waals surface area contributed by atoms with Crippen LogP contribution in [0.5, 0.6) is 11.5 Å². The number of rotatable bonds is 8. The van der Waals surface area contributed by atoms with Crippen molar-refractivity contribution < 1.29 is 29.3 Å². The monoisotopic (exact) mass is 402 g/mol. The normalized spacial score (nSPS) is 14.1. The SMILES string of the molecule is COCNC(=O)[C@@](O)(c1ccccc1)c1ccc(O)cc1OC(=O)[C@H](N)C(C)C. The summed E-state index contributed by atoms with van der Waals surface area (Å²) < 4.78 is 10.2. The van der Waals surface area contributed by atoms with Crippen molar-refractivity contribution in [2.75, 3.05) is 13.8 Å². The molecule has 0 unspecified atom stereocenters. The van der Waals surface area contributed by atoms with Crippen LogP contribution in [-0.4, -0.2) is 42.0 Å². The first kappa shape index (κ1) is 22.4. The molecule has 8 heteroatoms. The minimum Gasteiger partial charge on any atom is -0.508 e. The number of methoxy groups -OCH3 is 1. The zero-order chi connectivity index (χ0) is 21.6. The molecule has 8 nitrogen and oxygen atoms in total. The summed E-state index contributed by atoms with van der Waals surface area (Å²) in [6.45, 7) is 3.38. The smallest absolute Gasteiger partial charge is 0.328 e. The van der Waals surface area contributed by atoms with E-state index in [1.165, 1.54) is 19.2 Å². The summed E-state index contributed by atoms with van der Waals surface area (Å²) in [6, 6.07) is 11.0. The van der Waals surface area contributed by atoms with Gasteiger partial charge in [-0.1, -0.05) is 44.2 Å². The van der Waals surface area contributed by atoms with E-state index in [0.29, 0.717) is 0 Å². The van der Waals surface area contributed by atoms with Gasteiger partial charge in [0.25, 0.3) is 5.91 Å². The van der Waals surface area contributed by atoms with Crippen molar-refractivity contribution >= 4 is 11.9 Å². The highest BCUT2D eigenvalue weighted by Gasteiger charge is 2.42. The maximum atomic E-state index is 12.9. The molecular formula is C21H26N2O6. The Balaban J connectivity index is 2.59. The van der Waals surface area contributed by atoms with Crippen molar-refractivity contribution in [1.29, 1.82) is 0 Å². The molecule has 0 radical (unpaired) electrons. The van der Waals surface area contributed by atoms with Crippen molar-refractivity contribution in [3.05, 3.63) is 59.7 Å². The molecule has 0 fully saturated rings. The molecule has 0 heterocycles. The number of hydrogen-bond acceptors (Lipinski definition) is 7. The summed E-state index contributed by atoms with van der Waals surface area (Å²) in [4.78, 5) is 25.3. The zero-order valence-electron chi connectivity index (χ0n) is 16.6. The second kappa shape index (κ2) is 9.51. The Labute approximate surface area is 169 Å². The first-order chi connectivity index (χ1) is 13.7. The molecule has 0 aliphatic heterocycles. The molecule has 2 rings (SSSR count). The van der Waals surface area contributed by atoms with Crippen molar-refractivity contribution in [3.63, 3.8) is 0 Å². The van der Waals surface area contributed by atoms with Gasteiger partial charge < -0.3 is 30.7 Å². The third kappa shape index (κ3) is 4.92. The van der Waals surface area contributed by atoms with Gasteiger partial charge in [-0.3, -0.25) is 4.79 Å². The maximum absolute atomic E-state index is 12.9. The minimum absolute atomic E-state index is 0.0283. The van der Waals surface area contributed by atoms with Gasteiger partial charge >= 0.3 is 5.97 Å². The van der Waals surface area contributed by atoms with Gasteiger partial charge in [0.1, 0.15) is 24.3 Å². The van der Waals surface area contributed by atoms with Crippen molar-refractivity contribution in [2.24, 2.45) is 11.7 Å². The number of carbonyl (C=O) groups excluding carboxylic acids is 2. The Kier molecular flexibility index (Phi) is 7.33. The quantitative estimate of drug-likeness (QED) is 0.297. The van der Waals surface area contributed by atoms with Gasteiger partial charge in [-0.15, -0.1) is 0 Å². The number of amides is 1. The molecule has 156 valence electrons. The summed E-state index contributed by atoms with van der Waals surface area (Å²) in [6.07, 6.45) is 0. The van der Waals surface area contributed by atoms with Crippen LogP contribution in [0.3, 0.4) is 0 Å². The van der Waals surface area contributed by atoms with E-state index in [2.05, 4.69) is 5.32 Å². The lowest BCUT2D eigenvalue weighted by molar-refractivity contribution is -0.140. The van der Waals surface area contributed by atoms with Crippen LogP contribution in [0, 0.1) is 5.92 Å². The molecule has 0 aliphatic rings. The summed E-state index contributed by atoms with van der Waals surface area (Å²) in [7, 11) is 1.39. The second-order valence-electron chi connectivity index (χ2n) is 6.89. The van der Waals surface area contributed by atoms with Crippen molar-refractivity contribution in [1.82, 2.24) is 5.32 Å². The fourth-order valence-electron chi connectivity index (χ4n) is 2.70. The molecule has 1 amide bonds. The Bertz CT molecular complexity index is 856. The van der Waals surface area contributed by atoms with Crippen LogP contribution in [0.25, 0.3) is 0 Å². The van der Waals surface area contributed by atoms with Crippen LogP contribution in [0.2, 0.25) is 0 Å². The van der Waals surface area contributed by atoms with Crippen LogP contribution in [0.15, 0.2) is 48.5 Å². The van der Waals surface area contributed by atoms with Crippen LogP contribution in [-0.2, 0) is 19.9 Å². The van der Waals surface area contributed by atoms with Gasteiger partial charge in [0, 0.05) is 18.7 Å². The molecule has 29 heavy (non-hydrogen) atoms. The first-order valence-electron chi connectivity index (χ1n) is 9.07. The summed E-state index contributed by atoms with van der Waals surface area (Å²) in [5, 5.41) is 23.9. The van der Waals surface area contributed by atoms with Crippen LogP contribution < -0.4 is 15.8 Å². The standard InChI is InChI=1S/C21H26N2O6/c1-13(2)18(22)19(25)29-17-11-15(24)9-10-16(17)21(27,20(26)23-12-28-3)14-7-5-4-6-8-14/h4-11,13,18,24,27H,12,22H2,1-3H3,(H,23,26)/t18-,21-/m1/s1. The lowest BCUT2D eigenvalue weighted by Crippen LogP contribution is -2.46. The number of phenols is 1. The van der Waals surface area contributed by atoms with E-state index >= 15 is 0 Å². The average Bonchev–Trinajstić information content (AvgIpc) is 2.71. The number of aliphatic hydroxyl groups is 1. The van der Waals surface area contributed by atoms with Crippen molar-refractivity contribution in [2.45, 2.75) is 25.5 Å². The van der Waals surface area contributed by atoms with E-state index in [0.717, 1.165) is 6.07 Å². The number of phenolic OH excluding ortho intramolecular Hbond substituents is 1. The van der Waals surface area contributed by atoms with Crippen molar-refractivity contribution in [3.8, 4) is 11.5 Å². The first-order valence-corrected chi connectivity index (χ1v) is 9.07. The Hall–Kier alpha value is -2.94. The molecule has 0 bridgehead atoms.